The van der Waals surface area contributed by atoms with Crippen LogP contribution in [0.15, 0.2) is 84.0 Å². The lowest BCUT2D eigenvalue weighted by Gasteiger charge is -2.18. The van der Waals surface area contributed by atoms with Crippen molar-refractivity contribution in [1.29, 1.82) is 0 Å². The Labute approximate surface area is 192 Å². The summed E-state index contributed by atoms with van der Waals surface area (Å²) in [6.07, 6.45) is 1.50. The van der Waals surface area contributed by atoms with Crippen LogP contribution in [0.25, 0.3) is 0 Å². The molecule has 0 saturated carbocycles. The van der Waals surface area contributed by atoms with Crippen LogP contribution in [-0.2, 0) is 4.79 Å². The molecular weight excluding hydrogens is 426 g/mol. The van der Waals surface area contributed by atoms with Crippen LogP contribution in [-0.4, -0.2) is 24.6 Å². The zero-order chi connectivity index (χ0) is 22.8. The molecular formula is C25H24ClN3O3. The van der Waals surface area contributed by atoms with Crippen molar-refractivity contribution < 1.29 is 14.3 Å². The zero-order valence-corrected chi connectivity index (χ0v) is 18.4. The summed E-state index contributed by atoms with van der Waals surface area (Å²) in [7, 11) is 0. The molecule has 0 bridgehead atoms. The summed E-state index contributed by atoms with van der Waals surface area (Å²) in [6.45, 7) is 2.37. The molecule has 1 atom stereocenters. The van der Waals surface area contributed by atoms with Crippen LogP contribution in [0.1, 0.15) is 40.9 Å². The van der Waals surface area contributed by atoms with E-state index in [-0.39, 0.29) is 18.2 Å². The molecule has 7 heteroatoms. The summed E-state index contributed by atoms with van der Waals surface area (Å²) in [6, 6.07) is 22.9. The van der Waals surface area contributed by atoms with Gasteiger partial charge in [0, 0.05) is 16.1 Å². The topological polar surface area (TPSA) is 79.8 Å². The van der Waals surface area contributed by atoms with E-state index < -0.39 is 6.04 Å². The van der Waals surface area contributed by atoms with Gasteiger partial charge in [0.2, 0.25) is 5.91 Å². The largest absolute Gasteiger partial charge is 0.493 e. The average molecular weight is 450 g/mol. The van der Waals surface area contributed by atoms with Gasteiger partial charge in [-0.2, -0.15) is 5.10 Å². The fourth-order valence-electron chi connectivity index (χ4n) is 3.08. The predicted molar refractivity (Wildman–Crippen MR) is 126 cm³/mol. The fraction of sp³-hybridized carbons (Fsp3) is 0.160. The number of nitrogens with one attached hydrogen (secondary N) is 2. The second-order valence-corrected chi connectivity index (χ2v) is 7.35. The Morgan fingerprint density at radius 1 is 1.03 bits per heavy atom. The molecule has 2 amide bonds. The number of rotatable bonds is 9. The molecule has 32 heavy (non-hydrogen) atoms. The van der Waals surface area contributed by atoms with Gasteiger partial charge in [-0.15, -0.1) is 0 Å². The lowest BCUT2D eigenvalue weighted by molar-refractivity contribution is -0.121. The number of carbonyl (C=O) groups is 2. The lowest BCUT2D eigenvalue weighted by Crippen LogP contribution is -2.32. The summed E-state index contributed by atoms with van der Waals surface area (Å²) in [4.78, 5) is 25.2. The molecule has 2 N–H and O–H groups in total. The van der Waals surface area contributed by atoms with Crippen LogP contribution in [0.4, 0.5) is 0 Å². The molecule has 0 aromatic heterocycles. The predicted octanol–water partition coefficient (Wildman–Crippen LogP) is 4.75. The second kappa shape index (κ2) is 11.7. The number of halogens is 1. The van der Waals surface area contributed by atoms with Crippen LogP contribution in [0.5, 0.6) is 5.75 Å². The molecule has 6 nitrogen and oxygen atoms in total. The third kappa shape index (κ3) is 6.68. The molecule has 3 aromatic rings. The maximum absolute atomic E-state index is 12.6. The summed E-state index contributed by atoms with van der Waals surface area (Å²) < 4.78 is 5.55. The maximum Gasteiger partial charge on any atom is 0.251 e. The third-order valence-corrected chi connectivity index (χ3v) is 4.83. The molecule has 0 saturated heterocycles. The summed E-state index contributed by atoms with van der Waals surface area (Å²) in [5, 5.41) is 7.50. The molecule has 0 radical (unpaired) electrons. The van der Waals surface area contributed by atoms with Crippen LogP contribution >= 0.6 is 11.6 Å². The van der Waals surface area contributed by atoms with Crippen molar-refractivity contribution in [3.8, 4) is 5.75 Å². The molecule has 0 heterocycles. The molecule has 0 aliphatic rings. The van der Waals surface area contributed by atoms with Gasteiger partial charge >= 0.3 is 0 Å². The third-order valence-electron chi connectivity index (χ3n) is 4.60. The molecule has 0 unspecified atom stereocenters. The highest BCUT2D eigenvalue weighted by molar-refractivity contribution is 6.30. The number of hydrazone groups is 1. The fourth-order valence-corrected chi connectivity index (χ4v) is 3.26. The van der Waals surface area contributed by atoms with E-state index in [0.29, 0.717) is 28.5 Å². The van der Waals surface area contributed by atoms with E-state index in [4.69, 9.17) is 16.3 Å². The van der Waals surface area contributed by atoms with E-state index in [2.05, 4.69) is 15.8 Å². The average Bonchev–Trinajstić information content (AvgIpc) is 2.81. The van der Waals surface area contributed by atoms with Crippen molar-refractivity contribution in [2.24, 2.45) is 5.10 Å². The number of amides is 2. The van der Waals surface area contributed by atoms with Crippen molar-refractivity contribution in [2.75, 3.05) is 6.61 Å². The number of hydrogen-bond donors (Lipinski definition) is 2. The Hall–Kier alpha value is -3.64. The highest BCUT2D eigenvalue weighted by atomic mass is 35.5. The van der Waals surface area contributed by atoms with Gasteiger partial charge in [-0.05, 0) is 42.8 Å². The first-order valence-electron chi connectivity index (χ1n) is 10.2. The Kier molecular flexibility index (Phi) is 8.40. The van der Waals surface area contributed by atoms with Crippen molar-refractivity contribution >= 4 is 29.6 Å². The molecule has 0 aliphatic carbocycles. The maximum atomic E-state index is 12.6. The number of hydrogen-bond acceptors (Lipinski definition) is 4. The van der Waals surface area contributed by atoms with E-state index in [1.54, 1.807) is 42.5 Å². The Morgan fingerprint density at radius 2 is 1.72 bits per heavy atom. The highest BCUT2D eigenvalue weighted by Crippen LogP contribution is 2.21. The number of ether oxygens (including phenoxy) is 1. The van der Waals surface area contributed by atoms with E-state index >= 15 is 0 Å². The lowest BCUT2D eigenvalue weighted by atomic mass is 10.0. The quantitative estimate of drug-likeness (QED) is 0.365. The SMILES string of the molecule is CCOc1ccc(Cl)cc1/C=N\NC(=O)C[C@@H](NC(=O)c1ccccc1)c1ccccc1. The molecule has 0 aliphatic heterocycles. The smallest absolute Gasteiger partial charge is 0.251 e. The van der Waals surface area contributed by atoms with Gasteiger partial charge in [0.15, 0.2) is 0 Å². The zero-order valence-electron chi connectivity index (χ0n) is 17.6. The van der Waals surface area contributed by atoms with Gasteiger partial charge < -0.3 is 10.1 Å². The van der Waals surface area contributed by atoms with Crippen LogP contribution in [0.3, 0.4) is 0 Å². The Bertz CT molecular complexity index is 1070. The Balaban J connectivity index is 1.68. The number of carbonyl (C=O) groups excluding carboxylic acids is 2. The van der Waals surface area contributed by atoms with Gasteiger partial charge in [-0.25, -0.2) is 5.43 Å². The van der Waals surface area contributed by atoms with Crippen LogP contribution < -0.4 is 15.5 Å². The van der Waals surface area contributed by atoms with Crippen molar-refractivity contribution in [1.82, 2.24) is 10.7 Å². The number of nitrogens with zero attached hydrogens (tertiary/aromatic N) is 1. The summed E-state index contributed by atoms with van der Waals surface area (Å²) >= 11 is 6.05. The second-order valence-electron chi connectivity index (χ2n) is 6.92. The van der Waals surface area contributed by atoms with Crippen molar-refractivity contribution in [2.45, 2.75) is 19.4 Å². The normalized spacial score (nSPS) is 11.7. The van der Waals surface area contributed by atoms with Crippen LogP contribution in [0, 0.1) is 0 Å². The standard InChI is InChI=1S/C25H24ClN3O3/c1-2-32-23-14-13-21(26)15-20(23)17-27-29-24(30)16-22(18-9-5-3-6-10-18)28-25(31)19-11-7-4-8-12-19/h3-15,17,22H,2,16H2,1H3,(H,28,31)(H,29,30)/b27-17-/t22-/m1/s1. The first kappa shape index (κ1) is 23.0. The molecule has 3 aromatic carbocycles. The molecule has 164 valence electrons. The molecule has 0 fully saturated rings. The van der Waals surface area contributed by atoms with E-state index in [9.17, 15) is 9.59 Å². The molecule has 3 rings (SSSR count). The summed E-state index contributed by atoms with van der Waals surface area (Å²) in [5.41, 5.74) is 4.51. The van der Waals surface area contributed by atoms with Crippen LogP contribution in [0.2, 0.25) is 5.02 Å². The summed E-state index contributed by atoms with van der Waals surface area (Å²) in [5.74, 6) is 0.0201. The van der Waals surface area contributed by atoms with E-state index in [1.807, 2.05) is 43.3 Å². The molecule has 0 spiro atoms. The number of benzene rings is 3. The van der Waals surface area contributed by atoms with Crippen molar-refractivity contribution in [3.63, 3.8) is 0 Å². The van der Waals surface area contributed by atoms with Crippen molar-refractivity contribution in [3.05, 3.63) is 101 Å². The van der Waals surface area contributed by atoms with Gasteiger partial charge in [0.25, 0.3) is 5.91 Å². The van der Waals surface area contributed by atoms with Gasteiger partial charge in [-0.3, -0.25) is 9.59 Å². The first-order valence-corrected chi connectivity index (χ1v) is 10.6. The Morgan fingerprint density at radius 3 is 2.41 bits per heavy atom. The van der Waals surface area contributed by atoms with Gasteiger partial charge in [0.05, 0.1) is 25.3 Å². The minimum Gasteiger partial charge on any atom is -0.493 e. The van der Waals surface area contributed by atoms with E-state index in [0.717, 1.165) is 5.56 Å². The first-order chi connectivity index (χ1) is 15.6. The minimum atomic E-state index is -0.510. The highest BCUT2D eigenvalue weighted by Gasteiger charge is 2.19. The van der Waals surface area contributed by atoms with Gasteiger partial charge in [-0.1, -0.05) is 60.1 Å². The monoisotopic (exact) mass is 449 g/mol. The van der Waals surface area contributed by atoms with Gasteiger partial charge in [0.1, 0.15) is 5.75 Å². The minimum absolute atomic E-state index is 0.0216. The van der Waals surface area contributed by atoms with E-state index in [1.165, 1.54) is 6.21 Å².